The maximum Gasteiger partial charge on any atom is 0.144 e. The van der Waals surface area contributed by atoms with E-state index in [9.17, 15) is 0 Å². The van der Waals surface area contributed by atoms with Gasteiger partial charge >= 0.3 is 0 Å². The highest BCUT2D eigenvalue weighted by Crippen LogP contribution is 2.05. The van der Waals surface area contributed by atoms with Gasteiger partial charge in [0.15, 0.2) is 0 Å². The van der Waals surface area contributed by atoms with Crippen LogP contribution in [0.5, 0.6) is 0 Å². The molecule has 5 nitrogen and oxygen atoms in total. The van der Waals surface area contributed by atoms with Crippen molar-refractivity contribution in [3.8, 4) is 0 Å². The molecule has 0 saturated carbocycles. The van der Waals surface area contributed by atoms with Crippen LogP contribution >= 0.6 is 0 Å². The Hall–Kier alpha value is -1.20. The first-order valence-electron chi connectivity index (χ1n) is 5.23. The smallest absolute Gasteiger partial charge is 0.144 e. The first-order chi connectivity index (χ1) is 7.67. The number of ether oxygens (including phenoxy) is 2. The van der Waals surface area contributed by atoms with E-state index in [2.05, 4.69) is 15.3 Å². The molecule has 1 atom stereocenters. The number of anilines is 1. The molecule has 0 amide bonds. The molecule has 0 aliphatic rings. The number of aryl methyl sites for hydroxylation is 2. The van der Waals surface area contributed by atoms with Crippen LogP contribution in [0.3, 0.4) is 0 Å². The van der Waals surface area contributed by atoms with Gasteiger partial charge in [-0.1, -0.05) is 0 Å². The monoisotopic (exact) mass is 225 g/mol. The molecule has 90 valence electrons. The molecular formula is C11H19N3O2. The van der Waals surface area contributed by atoms with Crippen molar-refractivity contribution in [2.75, 3.05) is 32.7 Å². The van der Waals surface area contributed by atoms with E-state index in [1.54, 1.807) is 20.4 Å². The van der Waals surface area contributed by atoms with Gasteiger partial charge in [-0.15, -0.1) is 0 Å². The van der Waals surface area contributed by atoms with Crippen molar-refractivity contribution < 1.29 is 9.47 Å². The second-order valence-electron chi connectivity index (χ2n) is 3.62. The number of hydrogen-bond donors (Lipinski definition) is 1. The van der Waals surface area contributed by atoms with E-state index in [1.165, 1.54) is 0 Å². The van der Waals surface area contributed by atoms with Crippen LogP contribution in [0.2, 0.25) is 0 Å². The molecular weight excluding hydrogens is 206 g/mol. The third kappa shape index (κ3) is 3.75. The zero-order valence-electron chi connectivity index (χ0n) is 10.3. The van der Waals surface area contributed by atoms with Gasteiger partial charge in [-0.25, -0.2) is 4.98 Å². The third-order valence-electron chi connectivity index (χ3n) is 2.39. The minimum absolute atomic E-state index is 0.0217. The van der Waals surface area contributed by atoms with E-state index in [0.29, 0.717) is 13.2 Å². The number of methoxy groups -OCH3 is 2. The fraction of sp³-hybridized carbons (Fsp3) is 0.636. The summed E-state index contributed by atoms with van der Waals surface area (Å²) in [5, 5.41) is 3.17. The van der Waals surface area contributed by atoms with Gasteiger partial charge in [-0.2, -0.15) is 0 Å². The molecule has 0 bridgehead atoms. The minimum Gasteiger partial charge on any atom is -0.382 e. The second-order valence-corrected chi connectivity index (χ2v) is 3.62. The Balaban J connectivity index is 2.50. The summed E-state index contributed by atoms with van der Waals surface area (Å²) in [4.78, 5) is 8.60. The van der Waals surface area contributed by atoms with Crippen LogP contribution in [0.1, 0.15) is 11.4 Å². The molecule has 0 saturated heterocycles. The third-order valence-corrected chi connectivity index (χ3v) is 2.39. The standard InChI is InChI=1S/C11H19N3O2/c1-8-9(2)14-11(6-12-8)13-5-10(16-4)7-15-3/h6,10H,5,7H2,1-4H3,(H,13,14). The van der Waals surface area contributed by atoms with Crippen LogP contribution in [-0.2, 0) is 9.47 Å². The highest BCUT2D eigenvalue weighted by Gasteiger charge is 2.07. The normalized spacial score (nSPS) is 12.5. The zero-order chi connectivity index (χ0) is 12.0. The van der Waals surface area contributed by atoms with E-state index in [1.807, 2.05) is 13.8 Å². The highest BCUT2D eigenvalue weighted by atomic mass is 16.5. The van der Waals surface area contributed by atoms with Crippen LogP contribution in [0, 0.1) is 13.8 Å². The Morgan fingerprint density at radius 1 is 1.31 bits per heavy atom. The average Bonchev–Trinajstić information content (AvgIpc) is 2.28. The van der Waals surface area contributed by atoms with Crippen LogP contribution in [0.4, 0.5) is 5.82 Å². The predicted octanol–water partition coefficient (Wildman–Crippen LogP) is 1.17. The lowest BCUT2D eigenvalue weighted by Gasteiger charge is -2.15. The maximum absolute atomic E-state index is 5.23. The van der Waals surface area contributed by atoms with E-state index in [0.717, 1.165) is 17.2 Å². The molecule has 0 spiro atoms. The Morgan fingerprint density at radius 2 is 2.06 bits per heavy atom. The lowest BCUT2D eigenvalue weighted by molar-refractivity contribution is 0.0365. The van der Waals surface area contributed by atoms with E-state index >= 15 is 0 Å². The summed E-state index contributed by atoms with van der Waals surface area (Å²) in [6, 6.07) is 0. The zero-order valence-corrected chi connectivity index (χ0v) is 10.3. The number of nitrogens with one attached hydrogen (secondary N) is 1. The fourth-order valence-electron chi connectivity index (χ4n) is 1.24. The molecule has 1 aromatic heterocycles. The van der Waals surface area contributed by atoms with Gasteiger partial charge in [0, 0.05) is 20.8 Å². The van der Waals surface area contributed by atoms with Crippen molar-refractivity contribution in [1.29, 1.82) is 0 Å². The molecule has 1 heterocycles. The Kier molecular flexibility index (Phi) is 5.14. The Bertz CT molecular complexity index is 331. The van der Waals surface area contributed by atoms with Crippen molar-refractivity contribution in [1.82, 2.24) is 9.97 Å². The van der Waals surface area contributed by atoms with Crippen molar-refractivity contribution in [3.63, 3.8) is 0 Å². The summed E-state index contributed by atoms with van der Waals surface area (Å²) in [5.74, 6) is 0.765. The lowest BCUT2D eigenvalue weighted by Crippen LogP contribution is -2.27. The first-order valence-corrected chi connectivity index (χ1v) is 5.23. The molecule has 0 aliphatic carbocycles. The fourth-order valence-corrected chi connectivity index (χ4v) is 1.24. The van der Waals surface area contributed by atoms with Crippen LogP contribution in [-0.4, -0.2) is 43.4 Å². The number of aromatic nitrogens is 2. The second kappa shape index (κ2) is 6.40. The first kappa shape index (κ1) is 12.9. The van der Waals surface area contributed by atoms with Crippen molar-refractivity contribution in [2.24, 2.45) is 0 Å². The number of hydrogen-bond acceptors (Lipinski definition) is 5. The van der Waals surface area contributed by atoms with Gasteiger partial charge in [0.25, 0.3) is 0 Å². The summed E-state index contributed by atoms with van der Waals surface area (Å²) < 4.78 is 10.3. The molecule has 0 aromatic carbocycles. The molecule has 1 aromatic rings. The summed E-state index contributed by atoms with van der Waals surface area (Å²) in [6.45, 7) is 5.09. The van der Waals surface area contributed by atoms with E-state index in [-0.39, 0.29) is 6.10 Å². The lowest BCUT2D eigenvalue weighted by atomic mass is 10.3. The average molecular weight is 225 g/mol. The van der Waals surface area contributed by atoms with E-state index < -0.39 is 0 Å². The van der Waals surface area contributed by atoms with Crippen LogP contribution in [0.25, 0.3) is 0 Å². The SMILES string of the molecule is COCC(CNc1cnc(C)c(C)n1)OC. The largest absolute Gasteiger partial charge is 0.382 e. The summed E-state index contributed by atoms with van der Waals surface area (Å²) in [7, 11) is 3.32. The molecule has 16 heavy (non-hydrogen) atoms. The minimum atomic E-state index is 0.0217. The van der Waals surface area contributed by atoms with Crippen molar-refractivity contribution in [2.45, 2.75) is 20.0 Å². The Labute approximate surface area is 96.2 Å². The van der Waals surface area contributed by atoms with Gasteiger partial charge in [0.1, 0.15) is 5.82 Å². The summed E-state index contributed by atoms with van der Waals surface area (Å²) >= 11 is 0. The molecule has 1 rings (SSSR count). The quantitative estimate of drug-likeness (QED) is 0.787. The molecule has 0 aliphatic heterocycles. The maximum atomic E-state index is 5.23. The highest BCUT2D eigenvalue weighted by molar-refractivity contribution is 5.33. The number of rotatable bonds is 6. The van der Waals surface area contributed by atoms with Gasteiger partial charge in [0.05, 0.1) is 30.3 Å². The van der Waals surface area contributed by atoms with Crippen LogP contribution < -0.4 is 5.32 Å². The molecule has 0 fully saturated rings. The van der Waals surface area contributed by atoms with Gasteiger partial charge in [-0.3, -0.25) is 4.98 Å². The van der Waals surface area contributed by atoms with Gasteiger partial charge in [-0.05, 0) is 13.8 Å². The van der Waals surface area contributed by atoms with Gasteiger partial charge < -0.3 is 14.8 Å². The van der Waals surface area contributed by atoms with Crippen molar-refractivity contribution in [3.05, 3.63) is 17.6 Å². The molecule has 1 N–H and O–H groups in total. The topological polar surface area (TPSA) is 56.3 Å². The predicted molar refractivity (Wildman–Crippen MR) is 62.7 cm³/mol. The van der Waals surface area contributed by atoms with E-state index in [4.69, 9.17) is 9.47 Å². The molecule has 0 radical (unpaired) electrons. The number of nitrogens with zero attached hydrogens (tertiary/aromatic N) is 2. The Morgan fingerprint density at radius 3 is 2.62 bits per heavy atom. The van der Waals surface area contributed by atoms with Gasteiger partial charge in [0.2, 0.25) is 0 Å². The van der Waals surface area contributed by atoms with Crippen LogP contribution in [0.15, 0.2) is 6.20 Å². The molecule has 1 unspecified atom stereocenters. The summed E-state index contributed by atoms with van der Waals surface area (Å²) in [6.07, 6.45) is 1.75. The summed E-state index contributed by atoms with van der Waals surface area (Å²) in [5.41, 5.74) is 1.89. The van der Waals surface area contributed by atoms with Crippen molar-refractivity contribution >= 4 is 5.82 Å². The molecule has 5 heteroatoms.